The van der Waals surface area contributed by atoms with Crippen LogP contribution in [0.2, 0.25) is 0 Å². The lowest BCUT2D eigenvalue weighted by Gasteiger charge is -2.04. The Hall–Kier alpha value is -0.990. The third kappa shape index (κ3) is 2.09. The fourth-order valence-corrected chi connectivity index (χ4v) is 0.667. The van der Waals surface area contributed by atoms with Crippen LogP contribution in [0.4, 0.5) is 5.82 Å². The van der Waals surface area contributed by atoms with E-state index in [0.29, 0.717) is 5.92 Å². The fourth-order valence-electron chi connectivity index (χ4n) is 0.667. The van der Waals surface area contributed by atoms with Gasteiger partial charge in [-0.3, -0.25) is 0 Å². The molecular weight excluding hydrogens is 126 g/mol. The van der Waals surface area contributed by atoms with Gasteiger partial charge in [-0.05, 0) is 5.92 Å². The average Bonchev–Trinajstić information content (AvgIpc) is 2.34. The fraction of sp³-hybridized carbons (Fsp3) is 0.571. The first kappa shape index (κ1) is 7.12. The van der Waals surface area contributed by atoms with Crippen molar-refractivity contribution in [1.29, 1.82) is 0 Å². The number of hydrogen-bond donors (Lipinski definition) is 2. The lowest BCUT2D eigenvalue weighted by molar-refractivity contribution is 0.687. The molecule has 2 N–H and O–H groups in total. The molecule has 3 heteroatoms. The van der Waals surface area contributed by atoms with Crippen LogP contribution >= 0.6 is 0 Å². The molecular formula is C7H13N3. The molecule has 1 aromatic heterocycles. The molecule has 0 atom stereocenters. The Morgan fingerprint density at radius 2 is 2.50 bits per heavy atom. The Bertz CT molecular complexity index is 167. The second kappa shape index (κ2) is 3.25. The zero-order chi connectivity index (χ0) is 7.40. The molecule has 10 heavy (non-hydrogen) atoms. The number of rotatable bonds is 3. The van der Waals surface area contributed by atoms with Crippen LogP contribution in [0, 0.1) is 5.92 Å². The number of imidazole rings is 1. The van der Waals surface area contributed by atoms with Crippen molar-refractivity contribution in [2.75, 3.05) is 11.9 Å². The highest BCUT2D eigenvalue weighted by atomic mass is 15.0. The number of nitrogens with zero attached hydrogens (tertiary/aromatic N) is 1. The van der Waals surface area contributed by atoms with Crippen molar-refractivity contribution in [2.45, 2.75) is 13.8 Å². The summed E-state index contributed by atoms with van der Waals surface area (Å²) in [6.07, 6.45) is 3.45. The monoisotopic (exact) mass is 139 g/mol. The van der Waals surface area contributed by atoms with Crippen molar-refractivity contribution < 1.29 is 0 Å². The van der Waals surface area contributed by atoms with Crippen molar-refractivity contribution in [1.82, 2.24) is 9.97 Å². The minimum atomic E-state index is 0.670. The molecule has 0 amide bonds. The van der Waals surface area contributed by atoms with E-state index in [0.717, 1.165) is 12.4 Å². The average molecular weight is 139 g/mol. The molecule has 0 aliphatic carbocycles. The van der Waals surface area contributed by atoms with E-state index in [1.807, 2.05) is 0 Å². The molecule has 0 fully saturated rings. The van der Waals surface area contributed by atoms with Crippen molar-refractivity contribution in [3.05, 3.63) is 12.5 Å². The second-order valence-electron chi connectivity index (χ2n) is 2.74. The van der Waals surface area contributed by atoms with Gasteiger partial charge in [0.25, 0.3) is 0 Å². The van der Waals surface area contributed by atoms with Gasteiger partial charge in [-0.15, -0.1) is 0 Å². The highest BCUT2D eigenvalue weighted by molar-refractivity contribution is 5.29. The van der Waals surface area contributed by atoms with Crippen LogP contribution in [0.25, 0.3) is 0 Å². The summed E-state index contributed by atoms with van der Waals surface area (Å²) in [4.78, 5) is 6.85. The van der Waals surface area contributed by atoms with Gasteiger partial charge in [0.2, 0.25) is 0 Å². The summed E-state index contributed by atoms with van der Waals surface area (Å²) < 4.78 is 0. The van der Waals surface area contributed by atoms with Gasteiger partial charge in [0.05, 0.1) is 12.5 Å². The van der Waals surface area contributed by atoms with E-state index in [1.54, 1.807) is 12.5 Å². The quantitative estimate of drug-likeness (QED) is 0.666. The third-order valence-electron chi connectivity index (χ3n) is 1.20. The van der Waals surface area contributed by atoms with Gasteiger partial charge in [0, 0.05) is 6.54 Å². The van der Waals surface area contributed by atoms with Gasteiger partial charge in [-0.2, -0.15) is 0 Å². The Morgan fingerprint density at radius 3 is 3.00 bits per heavy atom. The van der Waals surface area contributed by atoms with E-state index in [2.05, 4.69) is 29.1 Å². The first-order chi connectivity index (χ1) is 4.79. The maximum absolute atomic E-state index is 3.88. The van der Waals surface area contributed by atoms with E-state index < -0.39 is 0 Å². The van der Waals surface area contributed by atoms with E-state index in [-0.39, 0.29) is 0 Å². The molecule has 0 radical (unpaired) electrons. The summed E-state index contributed by atoms with van der Waals surface area (Å²) in [5.41, 5.74) is 0. The zero-order valence-electron chi connectivity index (χ0n) is 6.39. The molecule has 0 saturated carbocycles. The summed E-state index contributed by atoms with van der Waals surface area (Å²) in [5, 5.41) is 3.21. The largest absolute Gasteiger partial charge is 0.370 e. The maximum Gasteiger partial charge on any atom is 0.123 e. The Labute approximate surface area is 60.9 Å². The predicted octanol–water partition coefficient (Wildman–Crippen LogP) is 1.48. The number of nitrogens with one attached hydrogen (secondary N) is 2. The van der Waals surface area contributed by atoms with Crippen LogP contribution in [0.15, 0.2) is 12.5 Å². The van der Waals surface area contributed by atoms with E-state index in [4.69, 9.17) is 0 Å². The Kier molecular flexibility index (Phi) is 2.31. The molecule has 56 valence electrons. The predicted molar refractivity (Wildman–Crippen MR) is 41.9 cm³/mol. The normalized spacial score (nSPS) is 10.3. The van der Waals surface area contributed by atoms with Crippen molar-refractivity contribution in [3.8, 4) is 0 Å². The number of hydrogen-bond acceptors (Lipinski definition) is 2. The molecule has 0 unspecified atom stereocenters. The first-order valence-electron chi connectivity index (χ1n) is 3.51. The van der Waals surface area contributed by atoms with Crippen LogP contribution in [-0.2, 0) is 0 Å². The molecule has 0 aromatic carbocycles. The Balaban J connectivity index is 2.28. The lowest BCUT2D eigenvalue weighted by Crippen LogP contribution is -2.07. The summed E-state index contributed by atoms with van der Waals surface area (Å²) in [7, 11) is 0. The highest BCUT2D eigenvalue weighted by Crippen LogP contribution is 1.99. The van der Waals surface area contributed by atoms with Crippen LogP contribution in [-0.4, -0.2) is 16.5 Å². The number of aromatic amines is 1. The Morgan fingerprint density at radius 1 is 1.70 bits per heavy atom. The lowest BCUT2D eigenvalue weighted by atomic mass is 10.2. The molecule has 1 rings (SSSR count). The van der Waals surface area contributed by atoms with Crippen molar-refractivity contribution in [2.24, 2.45) is 5.92 Å². The van der Waals surface area contributed by atoms with Gasteiger partial charge in [0.1, 0.15) is 5.82 Å². The van der Waals surface area contributed by atoms with E-state index in [9.17, 15) is 0 Å². The SMILES string of the molecule is CC(C)CNc1cnc[nH]1. The molecule has 0 aliphatic heterocycles. The van der Waals surface area contributed by atoms with Crippen LogP contribution in [0.1, 0.15) is 13.8 Å². The molecule has 1 aromatic rings. The van der Waals surface area contributed by atoms with Gasteiger partial charge in [-0.25, -0.2) is 4.98 Å². The number of aromatic nitrogens is 2. The molecule has 0 saturated heterocycles. The van der Waals surface area contributed by atoms with E-state index in [1.165, 1.54) is 0 Å². The van der Waals surface area contributed by atoms with Crippen molar-refractivity contribution >= 4 is 5.82 Å². The minimum Gasteiger partial charge on any atom is -0.370 e. The van der Waals surface area contributed by atoms with Gasteiger partial charge in [-0.1, -0.05) is 13.8 Å². The highest BCUT2D eigenvalue weighted by Gasteiger charge is 1.93. The minimum absolute atomic E-state index is 0.670. The van der Waals surface area contributed by atoms with Crippen LogP contribution < -0.4 is 5.32 Å². The standard InChI is InChI=1S/C7H13N3/c1-6(2)3-9-7-4-8-5-10-7/h4-6,9H,3H2,1-2H3,(H,8,10). The van der Waals surface area contributed by atoms with Crippen LogP contribution in [0.3, 0.4) is 0 Å². The summed E-state index contributed by atoms with van der Waals surface area (Å²) >= 11 is 0. The summed E-state index contributed by atoms with van der Waals surface area (Å²) in [6, 6.07) is 0. The molecule has 1 heterocycles. The zero-order valence-corrected chi connectivity index (χ0v) is 6.39. The first-order valence-corrected chi connectivity index (χ1v) is 3.51. The molecule has 0 bridgehead atoms. The van der Waals surface area contributed by atoms with Crippen LogP contribution in [0.5, 0.6) is 0 Å². The maximum atomic E-state index is 3.88. The summed E-state index contributed by atoms with van der Waals surface area (Å²) in [5.74, 6) is 1.66. The van der Waals surface area contributed by atoms with Crippen molar-refractivity contribution in [3.63, 3.8) is 0 Å². The molecule has 0 aliphatic rings. The van der Waals surface area contributed by atoms with E-state index >= 15 is 0 Å². The third-order valence-corrected chi connectivity index (χ3v) is 1.20. The van der Waals surface area contributed by atoms with Gasteiger partial charge >= 0.3 is 0 Å². The summed E-state index contributed by atoms with van der Waals surface area (Å²) in [6.45, 7) is 5.33. The van der Waals surface area contributed by atoms with Gasteiger partial charge in [0.15, 0.2) is 0 Å². The van der Waals surface area contributed by atoms with Gasteiger partial charge < -0.3 is 10.3 Å². The molecule has 3 nitrogen and oxygen atoms in total. The second-order valence-corrected chi connectivity index (χ2v) is 2.74. The topological polar surface area (TPSA) is 40.7 Å². The smallest absolute Gasteiger partial charge is 0.123 e. The number of H-pyrrole nitrogens is 1. The molecule has 0 spiro atoms. The number of anilines is 1.